The summed E-state index contributed by atoms with van der Waals surface area (Å²) in [6.45, 7) is 3.56. The van der Waals surface area contributed by atoms with Gasteiger partial charge in [-0.05, 0) is 36.6 Å². The molecule has 1 aromatic heterocycles. The number of nitrogens with zero attached hydrogens (tertiary/aromatic N) is 5. The van der Waals surface area contributed by atoms with Crippen LogP contribution in [-0.4, -0.2) is 64.7 Å². The smallest absolute Gasteiger partial charge is 0.227 e. The number of aliphatic imine (C=N–C) groups is 1. The van der Waals surface area contributed by atoms with E-state index in [1.807, 2.05) is 29.2 Å². The van der Waals surface area contributed by atoms with Crippen molar-refractivity contribution in [3.63, 3.8) is 0 Å². The lowest BCUT2D eigenvalue weighted by atomic mass is 10.1. The molecule has 1 aromatic carbocycles. The molecule has 8 heteroatoms. The fraction of sp³-hybridized carbons (Fsp3) is 0.522. The second-order valence-corrected chi connectivity index (χ2v) is 8.74. The molecule has 0 spiro atoms. The summed E-state index contributed by atoms with van der Waals surface area (Å²) in [6.07, 6.45) is 7.56. The highest BCUT2D eigenvalue weighted by Gasteiger charge is 2.23. The van der Waals surface area contributed by atoms with Gasteiger partial charge in [0.2, 0.25) is 5.91 Å². The maximum absolute atomic E-state index is 12.7. The Bertz CT molecular complexity index is 912. The van der Waals surface area contributed by atoms with Crippen molar-refractivity contribution in [3.05, 3.63) is 52.8 Å². The van der Waals surface area contributed by atoms with Crippen LogP contribution in [0.5, 0.6) is 0 Å². The number of amides is 1. The Morgan fingerprint density at radius 2 is 1.90 bits per heavy atom. The van der Waals surface area contributed by atoms with E-state index in [0.717, 1.165) is 30.3 Å². The zero-order valence-electron chi connectivity index (χ0n) is 18.1. The van der Waals surface area contributed by atoms with E-state index in [1.165, 1.54) is 25.7 Å². The minimum absolute atomic E-state index is 0.141. The highest BCUT2D eigenvalue weighted by Crippen LogP contribution is 2.28. The third kappa shape index (κ3) is 5.58. The van der Waals surface area contributed by atoms with Gasteiger partial charge in [0.25, 0.3) is 0 Å². The van der Waals surface area contributed by atoms with Crippen molar-refractivity contribution in [3.8, 4) is 0 Å². The van der Waals surface area contributed by atoms with E-state index in [1.54, 1.807) is 7.05 Å². The molecule has 0 atom stereocenters. The van der Waals surface area contributed by atoms with Gasteiger partial charge in [0.15, 0.2) is 5.96 Å². The van der Waals surface area contributed by atoms with E-state index >= 15 is 0 Å². The first kappa shape index (κ1) is 21.7. The number of nitrogens with one attached hydrogen (secondary N) is 1. The molecule has 1 N–H and O–H groups in total. The lowest BCUT2D eigenvalue weighted by Gasteiger charge is -2.36. The summed E-state index contributed by atoms with van der Waals surface area (Å²) in [5.74, 6) is 1.000. The van der Waals surface area contributed by atoms with Crippen LogP contribution in [0.25, 0.3) is 0 Å². The molecule has 0 radical (unpaired) electrons. The monoisotopic (exact) mass is 442 g/mol. The summed E-state index contributed by atoms with van der Waals surface area (Å²) >= 11 is 6.03. The number of carbonyl (C=O) groups is 1. The summed E-state index contributed by atoms with van der Waals surface area (Å²) in [6, 6.07) is 10.2. The maximum atomic E-state index is 12.7. The van der Waals surface area contributed by atoms with Crippen molar-refractivity contribution in [1.29, 1.82) is 0 Å². The zero-order chi connectivity index (χ0) is 21.6. The summed E-state index contributed by atoms with van der Waals surface area (Å²) in [5.41, 5.74) is 1.98. The van der Waals surface area contributed by atoms with Gasteiger partial charge in [0.05, 0.1) is 24.7 Å². The third-order valence-electron chi connectivity index (χ3n) is 6.18. The number of benzene rings is 1. The van der Waals surface area contributed by atoms with Gasteiger partial charge in [-0.1, -0.05) is 36.6 Å². The van der Waals surface area contributed by atoms with Gasteiger partial charge >= 0.3 is 0 Å². The molecule has 2 aromatic rings. The minimum atomic E-state index is 0.141. The lowest BCUT2D eigenvalue weighted by molar-refractivity contribution is -0.131. The van der Waals surface area contributed by atoms with Gasteiger partial charge in [-0.25, -0.2) is 0 Å². The van der Waals surface area contributed by atoms with Crippen LogP contribution < -0.4 is 5.32 Å². The number of rotatable bonds is 5. The molecule has 4 rings (SSSR count). The van der Waals surface area contributed by atoms with Crippen LogP contribution in [0.15, 0.2) is 41.5 Å². The highest BCUT2D eigenvalue weighted by molar-refractivity contribution is 6.30. The van der Waals surface area contributed by atoms with Gasteiger partial charge in [-0.15, -0.1) is 0 Å². The van der Waals surface area contributed by atoms with Crippen LogP contribution in [0, 0.1) is 0 Å². The summed E-state index contributed by atoms with van der Waals surface area (Å²) in [5, 5.41) is 8.84. The van der Waals surface area contributed by atoms with Crippen molar-refractivity contribution in [1.82, 2.24) is 24.9 Å². The standard InChI is InChI=1S/C23H31ClN6O/c1-25-23(26-17-20-9-10-30(27-20)21-7-2-3-8-21)29-13-11-28(12-14-29)22(31)16-18-5-4-6-19(24)15-18/h4-6,9-10,15,21H,2-3,7-8,11-14,16-17H2,1H3,(H,25,26). The normalized spacial score (nSPS) is 17.9. The zero-order valence-corrected chi connectivity index (χ0v) is 18.9. The molecular weight excluding hydrogens is 412 g/mol. The van der Waals surface area contributed by atoms with Crippen LogP contribution in [-0.2, 0) is 17.8 Å². The number of halogens is 1. The topological polar surface area (TPSA) is 65.8 Å². The van der Waals surface area contributed by atoms with Crippen molar-refractivity contribution in [2.75, 3.05) is 33.2 Å². The van der Waals surface area contributed by atoms with Gasteiger partial charge in [0.1, 0.15) is 0 Å². The van der Waals surface area contributed by atoms with Crippen LogP contribution in [0.3, 0.4) is 0 Å². The molecule has 2 heterocycles. The molecule has 0 unspecified atom stereocenters. The second kappa shape index (κ2) is 10.2. The molecule has 1 saturated heterocycles. The Labute approximate surface area is 189 Å². The number of guanidine groups is 1. The molecule has 1 aliphatic carbocycles. The average molecular weight is 443 g/mol. The van der Waals surface area contributed by atoms with E-state index in [9.17, 15) is 4.79 Å². The molecule has 0 bridgehead atoms. The summed E-state index contributed by atoms with van der Waals surface area (Å²) < 4.78 is 2.12. The molecule has 7 nitrogen and oxygen atoms in total. The predicted octanol–water partition coefficient (Wildman–Crippen LogP) is 3.11. The van der Waals surface area contributed by atoms with E-state index < -0.39 is 0 Å². The highest BCUT2D eigenvalue weighted by atomic mass is 35.5. The Hall–Kier alpha value is -2.54. The Kier molecular flexibility index (Phi) is 7.12. The quantitative estimate of drug-likeness (QED) is 0.570. The number of aromatic nitrogens is 2. The first-order valence-corrected chi connectivity index (χ1v) is 11.5. The number of hydrogen-bond donors (Lipinski definition) is 1. The summed E-state index contributed by atoms with van der Waals surface area (Å²) in [4.78, 5) is 21.2. The van der Waals surface area contributed by atoms with E-state index in [2.05, 4.69) is 32.2 Å². The molecule has 31 heavy (non-hydrogen) atoms. The Balaban J connectivity index is 1.25. The van der Waals surface area contributed by atoms with E-state index in [-0.39, 0.29) is 5.91 Å². The SMILES string of the molecule is CN=C(NCc1ccn(C2CCCC2)n1)N1CCN(C(=O)Cc2cccc(Cl)c2)CC1. The fourth-order valence-corrected chi connectivity index (χ4v) is 4.66. The Morgan fingerprint density at radius 3 is 2.61 bits per heavy atom. The average Bonchev–Trinajstić information content (AvgIpc) is 3.47. The molecule has 2 aliphatic rings. The van der Waals surface area contributed by atoms with Crippen LogP contribution in [0.1, 0.15) is 43.0 Å². The molecule has 1 saturated carbocycles. The number of carbonyl (C=O) groups excluding carboxylic acids is 1. The van der Waals surface area contributed by atoms with Gasteiger partial charge in [0, 0.05) is 44.4 Å². The Morgan fingerprint density at radius 1 is 1.16 bits per heavy atom. The van der Waals surface area contributed by atoms with Gasteiger partial charge < -0.3 is 15.1 Å². The second-order valence-electron chi connectivity index (χ2n) is 8.30. The molecule has 1 aliphatic heterocycles. The van der Waals surface area contributed by atoms with Gasteiger partial charge in [-0.2, -0.15) is 5.10 Å². The van der Waals surface area contributed by atoms with Crippen molar-refractivity contribution in [2.45, 2.75) is 44.7 Å². The summed E-state index contributed by atoms with van der Waals surface area (Å²) in [7, 11) is 1.80. The predicted molar refractivity (Wildman–Crippen MR) is 123 cm³/mol. The van der Waals surface area contributed by atoms with Crippen LogP contribution >= 0.6 is 11.6 Å². The van der Waals surface area contributed by atoms with Crippen LogP contribution in [0.4, 0.5) is 0 Å². The number of hydrogen-bond acceptors (Lipinski definition) is 3. The first-order valence-electron chi connectivity index (χ1n) is 11.1. The first-order chi connectivity index (χ1) is 15.1. The molecule has 2 fully saturated rings. The van der Waals surface area contributed by atoms with E-state index in [4.69, 9.17) is 16.7 Å². The molecule has 1 amide bonds. The maximum Gasteiger partial charge on any atom is 0.227 e. The van der Waals surface area contributed by atoms with Crippen molar-refractivity contribution in [2.24, 2.45) is 4.99 Å². The third-order valence-corrected chi connectivity index (χ3v) is 6.41. The lowest BCUT2D eigenvalue weighted by Crippen LogP contribution is -2.53. The van der Waals surface area contributed by atoms with Gasteiger partial charge in [-0.3, -0.25) is 14.5 Å². The van der Waals surface area contributed by atoms with Crippen molar-refractivity contribution < 1.29 is 4.79 Å². The van der Waals surface area contributed by atoms with Crippen LogP contribution in [0.2, 0.25) is 5.02 Å². The van der Waals surface area contributed by atoms with E-state index in [0.29, 0.717) is 37.1 Å². The number of piperazine rings is 1. The van der Waals surface area contributed by atoms with Crippen molar-refractivity contribution >= 4 is 23.5 Å². The minimum Gasteiger partial charge on any atom is -0.351 e. The fourth-order valence-electron chi connectivity index (χ4n) is 4.45. The molecular formula is C23H31ClN6O. The largest absolute Gasteiger partial charge is 0.351 e. The molecule has 166 valence electrons.